The minimum Gasteiger partial charge on any atom is -0.443 e. The van der Waals surface area contributed by atoms with Gasteiger partial charge < -0.3 is 9.73 Å². The third kappa shape index (κ3) is 2.14. The van der Waals surface area contributed by atoms with Gasteiger partial charge in [-0.3, -0.25) is 0 Å². The summed E-state index contributed by atoms with van der Waals surface area (Å²) in [6.45, 7) is 4.90. The van der Waals surface area contributed by atoms with Crippen LogP contribution in [0.15, 0.2) is 29.0 Å². The summed E-state index contributed by atoms with van der Waals surface area (Å²) in [5.41, 5.74) is 4.52. The number of hydrogen-bond donors (Lipinski definition) is 1. The molecule has 3 nitrogen and oxygen atoms in total. The van der Waals surface area contributed by atoms with Crippen LogP contribution >= 0.6 is 0 Å². The van der Waals surface area contributed by atoms with Crippen molar-refractivity contribution >= 4 is 0 Å². The molecule has 0 amide bonds. The van der Waals surface area contributed by atoms with E-state index in [1.165, 1.54) is 17.5 Å². The highest BCUT2D eigenvalue weighted by Crippen LogP contribution is 2.25. The Labute approximate surface area is 95.5 Å². The first-order valence-electron chi connectivity index (χ1n) is 5.36. The maximum atomic E-state index is 5.46. The molecule has 0 unspecified atom stereocenters. The van der Waals surface area contributed by atoms with E-state index in [-0.39, 0.29) is 0 Å². The highest BCUT2D eigenvalue weighted by Gasteiger charge is 2.10. The molecule has 84 valence electrons. The van der Waals surface area contributed by atoms with E-state index < -0.39 is 0 Å². The monoisotopic (exact) mass is 216 g/mol. The van der Waals surface area contributed by atoms with Gasteiger partial charge >= 0.3 is 0 Å². The third-order valence-corrected chi connectivity index (χ3v) is 2.47. The highest BCUT2D eigenvalue weighted by atomic mass is 16.3. The van der Waals surface area contributed by atoms with E-state index in [0.717, 1.165) is 23.6 Å². The molecule has 0 saturated carbocycles. The van der Waals surface area contributed by atoms with Crippen molar-refractivity contribution in [3.8, 4) is 11.3 Å². The van der Waals surface area contributed by atoms with Crippen molar-refractivity contribution in [1.29, 1.82) is 0 Å². The molecule has 1 aromatic heterocycles. The van der Waals surface area contributed by atoms with Crippen LogP contribution in [-0.4, -0.2) is 12.0 Å². The maximum Gasteiger partial charge on any atom is 0.181 e. The second-order valence-corrected chi connectivity index (χ2v) is 4.03. The van der Waals surface area contributed by atoms with Crippen LogP contribution in [0.4, 0.5) is 0 Å². The van der Waals surface area contributed by atoms with Crippen LogP contribution in [0.3, 0.4) is 0 Å². The molecule has 0 aliphatic rings. The Morgan fingerprint density at radius 3 is 2.50 bits per heavy atom. The van der Waals surface area contributed by atoms with Crippen LogP contribution in [0.25, 0.3) is 11.3 Å². The van der Waals surface area contributed by atoms with Gasteiger partial charge in [0.25, 0.3) is 0 Å². The Morgan fingerprint density at radius 2 is 1.88 bits per heavy atom. The fraction of sp³-hybridized carbons (Fsp3) is 0.308. The van der Waals surface area contributed by atoms with Gasteiger partial charge in [-0.25, -0.2) is 4.98 Å². The smallest absolute Gasteiger partial charge is 0.181 e. The molecule has 0 saturated heterocycles. The summed E-state index contributed by atoms with van der Waals surface area (Å²) in [5, 5.41) is 3.09. The fourth-order valence-corrected chi connectivity index (χ4v) is 1.90. The van der Waals surface area contributed by atoms with Crippen molar-refractivity contribution in [2.24, 2.45) is 0 Å². The van der Waals surface area contributed by atoms with Gasteiger partial charge in [-0.05, 0) is 33.0 Å². The van der Waals surface area contributed by atoms with Crippen LogP contribution < -0.4 is 5.32 Å². The van der Waals surface area contributed by atoms with E-state index in [4.69, 9.17) is 4.42 Å². The molecule has 0 bridgehead atoms. The lowest BCUT2D eigenvalue weighted by atomic mass is 10.0. The predicted molar refractivity (Wildman–Crippen MR) is 64.2 cm³/mol. The number of nitrogens with one attached hydrogen (secondary N) is 1. The Hall–Kier alpha value is -1.61. The summed E-state index contributed by atoms with van der Waals surface area (Å²) in [6.07, 6.45) is 1.50. The summed E-state index contributed by atoms with van der Waals surface area (Å²) >= 11 is 0. The quantitative estimate of drug-likeness (QED) is 0.857. The number of aromatic nitrogens is 1. The molecule has 1 heterocycles. The van der Waals surface area contributed by atoms with Crippen LogP contribution in [0.5, 0.6) is 0 Å². The SMILES string of the molecule is CNCc1ncoc1-c1cc(C)cc(C)c1. The van der Waals surface area contributed by atoms with E-state index in [1.807, 2.05) is 7.05 Å². The molecule has 1 aromatic carbocycles. The van der Waals surface area contributed by atoms with E-state index in [0.29, 0.717) is 0 Å². The zero-order valence-electron chi connectivity index (χ0n) is 9.87. The average molecular weight is 216 g/mol. The topological polar surface area (TPSA) is 38.1 Å². The molecule has 16 heavy (non-hydrogen) atoms. The van der Waals surface area contributed by atoms with E-state index >= 15 is 0 Å². The Kier molecular flexibility index (Phi) is 3.06. The number of hydrogen-bond acceptors (Lipinski definition) is 3. The van der Waals surface area contributed by atoms with Gasteiger partial charge in [0.05, 0.1) is 0 Å². The van der Waals surface area contributed by atoms with Gasteiger partial charge in [-0.1, -0.05) is 17.2 Å². The summed E-state index contributed by atoms with van der Waals surface area (Å²) < 4.78 is 5.46. The Balaban J connectivity index is 2.45. The molecule has 1 N–H and O–H groups in total. The lowest BCUT2D eigenvalue weighted by Gasteiger charge is -2.04. The standard InChI is InChI=1S/C13H16N2O/c1-9-4-10(2)6-11(5-9)13-12(7-14-3)15-8-16-13/h4-6,8,14H,7H2,1-3H3. The molecule has 2 aromatic rings. The van der Waals surface area contributed by atoms with Crippen molar-refractivity contribution in [3.63, 3.8) is 0 Å². The molecule has 2 rings (SSSR count). The Bertz CT molecular complexity index is 468. The summed E-state index contributed by atoms with van der Waals surface area (Å²) in [7, 11) is 1.90. The lowest BCUT2D eigenvalue weighted by Crippen LogP contribution is -2.06. The second kappa shape index (κ2) is 4.49. The summed E-state index contributed by atoms with van der Waals surface area (Å²) in [5.74, 6) is 0.862. The minimum atomic E-state index is 0.721. The molecule has 0 fully saturated rings. The molecule has 0 aliphatic heterocycles. The number of oxazole rings is 1. The molecular weight excluding hydrogens is 200 g/mol. The third-order valence-electron chi connectivity index (χ3n) is 2.47. The first-order valence-corrected chi connectivity index (χ1v) is 5.36. The van der Waals surface area contributed by atoms with Crippen LogP contribution in [0.2, 0.25) is 0 Å². The molecule has 0 spiro atoms. The number of benzene rings is 1. The van der Waals surface area contributed by atoms with Crippen LogP contribution in [0, 0.1) is 13.8 Å². The molecule has 0 aliphatic carbocycles. The van der Waals surface area contributed by atoms with E-state index in [9.17, 15) is 0 Å². The highest BCUT2D eigenvalue weighted by molar-refractivity contribution is 5.61. The van der Waals surface area contributed by atoms with Gasteiger partial charge in [0.1, 0.15) is 5.69 Å². The first kappa shape index (κ1) is 10.9. The van der Waals surface area contributed by atoms with E-state index in [1.54, 1.807) is 0 Å². The summed E-state index contributed by atoms with van der Waals surface area (Å²) in [6, 6.07) is 6.39. The second-order valence-electron chi connectivity index (χ2n) is 4.03. The van der Waals surface area contributed by atoms with Gasteiger partial charge in [0, 0.05) is 12.1 Å². The van der Waals surface area contributed by atoms with Crippen molar-refractivity contribution in [2.75, 3.05) is 7.05 Å². The maximum absolute atomic E-state index is 5.46. The molecule has 3 heteroatoms. The zero-order valence-corrected chi connectivity index (χ0v) is 9.87. The fourth-order valence-electron chi connectivity index (χ4n) is 1.90. The minimum absolute atomic E-state index is 0.721. The predicted octanol–water partition coefficient (Wildman–Crippen LogP) is 2.68. The number of nitrogens with zero attached hydrogens (tertiary/aromatic N) is 1. The summed E-state index contributed by atoms with van der Waals surface area (Å²) in [4.78, 5) is 4.21. The lowest BCUT2D eigenvalue weighted by molar-refractivity contribution is 0.570. The molecule has 0 atom stereocenters. The normalized spacial score (nSPS) is 10.7. The van der Waals surface area contributed by atoms with Crippen LogP contribution in [0.1, 0.15) is 16.8 Å². The molecular formula is C13H16N2O. The largest absolute Gasteiger partial charge is 0.443 e. The zero-order chi connectivity index (χ0) is 11.5. The van der Waals surface area contributed by atoms with Crippen molar-refractivity contribution < 1.29 is 4.42 Å². The average Bonchev–Trinajstić information content (AvgIpc) is 2.65. The van der Waals surface area contributed by atoms with E-state index in [2.05, 4.69) is 42.3 Å². The number of rotatable bonds is 3. The number of aryl methyl sites for hydroxylation is 2. The Morgan fingerprint density at radius 1 is 1.19 bits per heavy atom. The first-order chi connectivity index (χ1) is 7.70. The van der Waals surface area contributed by atoms with Gasteiger partial charge in [-0.2, -0.15) is 0 Å². The van der Waals surface area contributed by atoms with Crippen molar-refractivity contribution in [3.05, 3.63) is 41.4 Å². The van der Waals surface area contributed by atoms with Crippen molar-refractivity contribution in [1.82, 2.24) is 10.3 Å². The van der Waals surface area contributed by atoms with Gasteiger partial charge in [-0.15, -0.1) is 0 Å². The molecule has 0 radical (unpaired) electrons. The van der Waals surface area contributed by atoms with Gasteiger partial charge in [0.2, 0.25) is 0 Å². The van der Waals surface area contributed by atoms with Gasteiger partial charge in [0.15, 0.2) is 12.2 Å². The van der Waals surface area contributed by atoms with Crippen molar-refractivity contribution in [2.45, 2.75) is 20.4 Å². The van der Waals surface area contributed by atoms with Crippen LogP contribution in [-0.2, 0) is 6.54 Å².